The Bertz CT molecular complexity index is 721. The van der Waals surface area contributed by atoms with Crippen LogP contribution in [0.4, 0.5) is 0 Å². The van der Waals surface area contributed by atoms with Crippen molar-refractivity contribution in [3.63, 3.8) is 0 Å². The molecule has 0 N–H and O–H groups in total. The van der Waals surface area contributed by atoms with E-state index in [-0.39, 0.29) is 5.91 Å². The van der Waals surface area contributed by atoms with Crippen molar-refractivity contribution >= 4 is 17.2 Å². The molecule has 2 aliphatic rings. The smallest absolute Gasteiger partial charge is 0.264 e. The van der Waals surface area contributed by atoms with E-state index in [1.165, 1.54) is 28.9 Å². The molecule has 1 aliphatic heterocycles. The molecule has 0 radical (unpaired) electrons. The number of carbonyl (C=O) groups is 1. The Morgan fingerprint density at radius 2 is 2.04 bits per heavy atom. The summed E-state index contributed by atoms with van der Waals surface area (Å²) in [4.78, 5) is 17.8. The summed E-state index contributed by atoms with van der Waals surface area (Å²) in [6.45, 7) is 3.51. The molecule has 1 aliphatic carbocycles. The third-order valence-electron chi connectivity index (χ3n) is 5.17. The van der Waals surface area contributed by atoms with Gasteiger partial charge in [-0.25, -0.2) is 0 Å². The van der Waals surface area contributed by atoms with Crippen LogP contribution in [0.25, 0.3) is 0 Å². The third-order valence-corrected chi connectivity index (χ3v) is 6.03. The largest absolute Gasteiger partial charge is 0.497 e. The minimum Gasteiger partial charge on any atom is -0.497 e. The molecule has 1 unspecified atom stereocenters. The summed E-state index contributed by atoms with van der Waals surface area (Å²) >= 11 is 1.53. The van der Waals surface area contributed by atoms with Crippen LogP contribution in [0.3, 0.4) is 0 Å². The van der Waals surface area contributed by atoms with Gasteiger partial charge in [0.15, 0.2) is 0 Å². The molecular formula is C19H22N2O2S. The lowest BCUT2D eigenvalue weighted by molar-refractivity contribution is 0.0572. The van der Waals surface area contributed by atoms with Crippen molar-refractivity contribution < 1.29 is 9.53 Å². The number of benzene rings is 1. The Kier molecular flexibility index (Phi) is 4.29. The fourth-order valence-corrected chi connectivity index (χ4v) is 4.55. The zero-order valence-corrected chi connectivity index (χ0v) is 14.7. The van der Waals surface area contributed by atoms with E-state index in [2.05, 4.69) is 23.1 Å². The fraction of sp³-hybridized carbons (Fsp3) is 0.421. The summed E-state index contributed by atoms with van der Waals surface area (Å²) in [7, 11) is 1.72. The Labute approximate surface area is 146 Å². The first-order chi connectivity index (χ1) is 11.8. The number of ether oxygens (including phenoxy) is 1. The third kappa shape index (κ3) is 2.82. The van der Waals surface area contributed by atoms with Gasteiger partial charge in [0.1, 0.15) is 5.75 Å². The molecule has 24 heavy (non-hydrogen) atoms. The fourth-order valence-electron chi connectivity index (χ4n) is 3.86. The van der Waals surface area contributed by atoms with Crippen LogP contribution in [0, 0.1) is 0 Å². The van der Waals surface area contributed by atoms with E-state index in [0.717, 1.165) is 43.2 Å². The topological polar surface area (TPSA) is 32.8 Å². The van der Waals surface area contributed by atoms with E-state index >= 15 is 0 Å². The first-order valence-corrected chi connectivity index (χ1v) is 9.38. The van der Waals surface area contributed by atoms with Gasteiger partial charge in [-0.1, -0.05) is 12.1 Å². The SMILES string of the molecule is COc1ccc2c(c1)C(N1CCN(C(=O)c3cccs3)CC1)CC2. The second-order valence-electron chi connectivity index (χ2n) is 6.42. The zero-order valence-electron chi connectivity index (χ0n) is 13.9. The van der Waals surface area contributed by atoms with Crippen molar-refractivity contribution in [3.05, 3.63) is 51.7 Å². The van der Waals surface area contributed by atoms with Crippen molar-refractivity contribution in [2.75, 3.05) is 33.3 Å². The molecule has 1 aromatic carbocycles. The molecule has 4 nitrogen and oxygen atoms in total. The number of piperazine rings is 1. The highest BCUT2D eigenvalue weighted by atomic mass is 32.1. The molecule has 1 aromatic heterocycles. The average Bonchev–Trinajstić information content (AvgIpc) is 3.30. The zero-order chi connectivity index (χ0) is 16.5. The van der Waals surface area contributed by atoms with E-state index in [4.69, 9.17) is 4.74 Å². The number of carbonyl (C=O) groups excluding carboxylic acids is 1. The summed E-state index contributed by atoms with van der Waals surface area (Å²) in [6, 6.07) is 10.8. The molecule has 0 saturated carbocycles. The number of fused-ring (bicyclic) bond motifs is 1. The van der Waals surface area contributed by atoms with E-state index in [9.17, 15) is 4.79 Å². The number of thiophene rings is 1. The van der Waals surface area contributed by atoms with Gasteiger partial charge in [0.2, 0.25) is 0 Å². The Morgan fingerprint density at radius 1 is 1.21 bits per heavy atom. The minimum absolute atomic E-state index is 0.179. The summed E-state index contributed by atoms with van der Waals surface area (Å²) < 4.78 is 5.39. The molecule has 4 rings (SSSR count). The van der Waals surface area contributed by atoms with Gasteiger partial charge in [-0.3, -0.25) is 9.69 Å². The van der Waals surface area contributed by atoms with E-state index in [1.807, 2.05) is 22.4 Å². The van der Waals surface area contributed by atoms with Gasteiger partial charge >= 0.3 is 0 Å². The molecule has 1 fully saturated rings. The van der Waals surface area contributed by atoms with E-state index < -0.39 is 0 Å². The van der Waals surface area contributed by atoms with Crippen molar-refractivity contribution in [1.82, 2.24) is 9.80 Å². The number of methoxy groups -OCH3 is 1. The highest BCUT2D eigenvalue weighted by molar-refractivity contribution is 7.12. The van der Waals surface area contributed by atoms with Crippen LogP contribution in [0.5, 0.6) is 5.75 Å². The minimum atomic E-state index is 0.179. The van der Waals surface area contributed by atoms with Crippen molar-refractivity contribution in [2.24, 2.45) is 0 Å². The first kappa shape index (κ1) is 15.7. The van der Waals surface area contributed by atoms with Crippen LogP contribution in [-0.4, -0.2) is 49.0 Å². The quantitative estimate of drug-likeness (QED) is 0.859. The van der Waals surface area contributed by atoms with Crippen molar-refractivity contribution in [2.45, 2.75) is 18.9 Å². The number of hydrogen-bond donors (Lipinski definition) is 0. The van der Waals surface area contributed by atoms with Gasteiger partial charge in [-0.05, 0) is 47.5 Å². The highest BCUT2D eigenvalue weighted by Crippen LogP contribution is 2.38. The second kappa shape index (κ2) is 6.57. The maximum atomic E-state index is 12.5. The lowest BCUT2D eigenvalue weighted by Crippen LogP contribution is -2.49. The average molecular weight is 342 g/mol. The van der Waals surface area contributed by atoms with Crippen LogP contribution in [0.15, 0.2) is 35.7 Å². The Balaban J connectivity index is 1.43. The lowest BCUT2D eigenvalue weighted by atomic mass is 10.1. The van der Waals surface area contributed by atoms with E-state index in [1.54, 1.807) is 7.11 Å². The van der Waals surface area contributed by atoms with Crippen LogP contribution in [-0.2, 0) is 6.42 Å². The predicted molar refractivity (Wildman–Crippen MR) is 95.9 cm³/mol. The number of hydrogen-bond acceptors (Lipinski definition) is 4. The van der Waals surface area contributed by atoms with Crippen LogP contribution >= 0.6 is 11.3 Å². The standard InChI is InChI=1S/C19H22N2O2S/c1-23-15-6-4-14-5-7-17(16(14)13-15)20-8-10-21(11-9-20)19(22)18-3-2-12-24-18/h2-4,6,12-13,17H,5,7-11H2,1H3. The van der Waals surface area contributed by atoms with Crippen LogP contribution in [0.1, 0.15) is 33.3 Å². The van der Waals surface area contributed by atoms with Crippen molar-refractivity contribution in [3.8, 4) is 5.75 Å². The molecular weight excluding hydrogens is 320 g/mol. The van der Waals surface area contributed by atoms with E-state index in [0.29, 0.717) is 6.04 Å². The number of aryl methyl sites for hydroxylation is 1. The normalized spacial score (nSPS) is 20.9. The highest BCUT2D eigenvalue weighted by Gasteiger charge is 2.31. The predicted octanol–water partition coefficient (Wildman–Crippen LogP) is 3.20. The summed E-state index contributed by atoms with van der Waals surface area (Å²) in [5.74, 6) is 1.12. The number of rotatable bonds is 3. The molecule has 5 heteroatoms. The van der Waals surface area contributed by atoms with Crippen LogP contribution < -0.4 is 4.74 Å². The maximum Gasteiger partial charge on any atom is 0.264 e. The second-order valence-corrected chi connectivity index (χ2v) is 7.37. The monoisotopic (exact) mass is 342 g/mol. The molecule has 126 valence electrons. The number of amides is 1. The Morgan fingerprint density at radius 3 is 2.75 bits per heavy atom. The lowest BCUT2D eigenvalue weighted by Gasteiger charge is -2.38. The molecule has 0 spiro atoms. The summed E-state index contributed by atoms with van der Waals surface area (Å²) in [6.07, 6.45) is 2.31. The van der Waals surface area contributed by atoms with Gasteiger partial charge in [-0.2, -0.15) is 0 Å². The molecule has 2 aromatic rings. The van der Waals surface area contributed by atoms with Gasteiger partial charge in [-0.15, -0.1) is 11.3 Å². The summed E-state index contributed by atoms with van der Waals surface area (Å²) in [5, 5.41) is 1.96. The van der Waals surface area contributed by atoms with Gasteiger partial charge < -0.3 is 9.64 Å². The maximum absolute atomic E-state index is 12.5. The summed E-state index contributed by atoms with van der Waals surface area (Å²) in [5.41, 5.74) is 2.85. The van der Waals surface area contributed by atoms with Gasteiger partial charge in [0, 0.05) is 32.2 Å². The molecule has 2 heterocycles. The van der Waals surface area contributed by atoms with Gasteiger partial charge in [0.25, 0.3) is 5.91 Å². The number of nitrogens with zero attached hydrogens (tertiary/aromatic N) is 2. The molecule has 1 saturated heterocycles. The Hall–Kier alpha value is -1.85. The van der Waals surface area contributed by atoms with Crippen molar-refractivity contribution in [1.29, 1.82) is 0 Å². The van der Waals surface area contributed by atoms with Gasteiger partial charge in [0.05, 0.1) is 12.0 Å². The molecule has 0 bridgehead atoms. The van der Waals surface area contributed by atoms with Crippen LogP contribution in [0.2, 0.25) is 0 Å². The first-order valence-electron chi connectivity index (χ1n) is 8.50. The molecule has 1 amide bonds. The molecule has 1 atom stereocenters.